The lowest BCUT2D eigenvalue weighted by atomic mass is 10.1. The molecule has 1 aliphatic heterocycles. The van der Waals surface area contributed by atoms with Crippen molar-refractivity contribution in [3.8, 4) is 0 Å². The predicted molar refractivity (Wildman–Crippen MR) is 87.6 cm³/mol. The Bertz CT molecular complexity index is 408. The van der Waals surface area contributed by atoms with Gasteiger partial charge >= 0.3 is 0 Å². The quantitative estimate of drug-likeness (QED) is 0.846. The first-order chi connectivity index (χ1) is 9.56. The van der Waals surface area contributed by atoms with E-state index in [0.29, 0.717) is 12.0 Å². The van der Waals surface area contributed by atoms with Gasteiger partial charge in [-0.1, -0.05) is 43.1 Å². The first-order valence-electron chi connectivity index (χ1n) is 7.45. The van der Waals surface area contributed by atoms with Crippen LogP contribution in [0.5, 0.6) is 0 Å². The molecular weight excluding hydrogens is 291 g/mol. The van der Waals surface area contributed by atoms with Crippen molar-refractivity contribution in [1.29, 1.82) is 0 Å². The summed E-state index contributed by atoms with van der Waals surface area (Å²) in [6.07, 6.45) is 2.55. The number of rotatable bonds is 6. The number of benzene rings is 1. The second-order valence-corrected chi connectivity index (χ2v) is 6.90. The van der Waals surface area contributed by atoms with E-state index in [-0.39, 0.29) is 0 Å². The molecule has 20 heavy (non-hydrogen) atoms. The minimum atomic E-state index is 0.606. The monoisotopic (exact) mass is 314 g/mol. The minimum Gasteiger partial charge on any atom is -0.313 e. The second-order valence-electron chi connectivity index (χ2n) is 6.08. The molecule has 0 aliphatic carbocycles. The third kappa shape index (κ3) is 4.63. The first-order valence-corrected chi connectivity index (χ1v) is 8.20. The zero-order valence-corrected chi connectivity index (χ0v) is 13.8. The molecule has 1 aromatic carbocycles. The molecular formula is C16H24Cl2N2. The standard InChI is InChI=1S/C16H24Cl2N2/c1-12(2)9-20(10-13-5-4-8-19-13)11-14-15(17)6-3-7-16(14)18/h3,6-7,12-13,19H,4-5,8-11H2,1-2H3. The topological polar surface area (TPSA) is 15.3 Å². The van der Waals surface area contributed by atoms with E-state index < -0.39 is 0 Å². The van der Waals surface area contributed by atoms with Gasteiger partial charge in [0, 0.05) is 41.3 Å². The van der Waals surface area contributed by atoms with Crippen molar-refractivity contribution in [3.05, 3.63) is 33.8 Å². The van der Waals surface area contributed by atoms with Crippen LogP contribution in [0.25, 0.3) is 0 Å². The lowest BCUT2D eigenvalue weighted by molar-refractivity contribution is 0.216. The Morgan fingerprint density at radius 2 is 2.00 bits per heavy atom. The van der Waals surface area contributed by atoms with Crippen LogP contribution in [-0.2, 0) is 6.54 Å². The van der Waals surface area contributed by atoms with Gasteiger partial charge in [0.05, 0.1) is 0 Å². The molecule has 0 saturated carbocycles. The van der Waals surface area contributed by atoms with Crippen molar-refractivity contribution in [1.82, 2.24) is 10.2 Å². The van der Waals surface area contributed by atoms with Gasteiger partial charge in [0.25, 0.3) is 0 Å². The highest BCUT2D eigenvalue weighted by molar-refractivity contribution is 6.35. The van der Waals surface area contributed by atoms with Gasteiger partial charge in [0.1, 0.15) is 0 Å². The Morgan fingerprint density at radius 3 is 2.55 bits per heavy atom. The van der Waals surface area contributed by atoms with Crippen molar-refractivity contribution in [3.63, 3.8) is 0 Å². The molecule has 1 fully saturated rings. The van der Waals surface area contributed by atoms with E-state index in [1.54, 1.807) is 0 Å². The van der Waals surface area contributed by atoms with Gasteiger partial charge in [0.2, 0.25) is 0 Å². The molecule has 1 aromatic rings. The van der Waals surface area contributed by atoms with Gasteiger partial charge in [-0.15, -0.1) is 0 Å². The van der Waals surface area contributed by atoms with E-state index in [0.717, 1.165) is 41.8 Å². The largest absolute Gasteiger partial charge is 0.313 e. The van der Waals surface area contributed by atoms with Crippen molar-refractivity contribution >= 4 is 23.2 Å². The molecule has 0 amide bonds. The summed E-state index contributed by atoms with van der Waals surface area (Å²) in [6, 6.07) is 6.35. The Kier molecular flexibility index (Phi) is 6.16. The summed E-state index contributed by atoms with van der Waals surface area (Å²) in [6.45, 7) is 8.62. The van der Waals surface area contributed by atoms with Gasteiger partial charge in [-0.2, -0.15) is 0 Å². The highest BCUT2D eigenvalue weighted by atomic mass is 35.5. The lowest BCUT2D eigenvalue weighted by Crippen LogP contribution is -2.39. The SMILES string of the molecule is CC(C)CN(Cc1c(Cl)cccc1Cl)CC1CCCN1. The van der Waals surface area contributed by atoms with Crippen LogP contribution in [0.1, 0.15) is 32.3 Å². The maximum absolute atomic E-state index is 6.30. The third-order valence-corrected chi connectivity index (χ3v) is 4.42. The van der Waals surface area contributed by atoms with E-state index in [1.807, 2.05) is 18.2 Å². The summed E-state index contributed by atoms with van der Waals surface area (Å²) in [4.78, 5) is 2.47. The van der Waals surface area contributed by atoms with Crippen LogP contribution in [0.3, 0.4) is 0 Å². The van der Waals surface area contributed by atoms with Crippen LogP contribution in [-0.4, -0.2) is 30.6 Å². The van der Waals surface area contributed by atoms with Crippen LogP contribution in [0, 0.1) is 5.92 Å². The number of hydrogen-bond donors (Lipinski definition) is 1. The Labute approximate surface area is 132 Å². The average Bonchev–Trinajstić information content (AvgIpc) is 2.86. The van der Waals surface area contributed by atoms with Crippen LogP contribution in [0.15, 0.2) is 18.2 Å². The Morgan fingerprint density at radius 1 is 1.30 bits per heavy atom. The number of nitrogens with zero attached hydrogens (tertiary/aromatic N) is 1. The summed E-state index contributed by atoms with van der Waals surface area (Å²) in [7, 11) is 0. The molecule has 0 spiro atoms. The molecule has 4 heteroatoms. The summed E-state index contributed by atoms with van der Waals surface area (Å²) < 4.78 is 0. The summed E-state index contributed by atoms with van der Waals surface area (Å²) in [5.74, 6) is 0.637. The van der Waals surface area contributed by atoms with Gasteiger partial charge in [-0.3, -0.25) is 4.90 Å². The summed E-state index contributed by atoms with van der Waals surface area (Å²) in [5, 5.41) is 5.11. The van der Waals surface area contributed by atoms with Crippen molar-refractivity contribution in [2.75, 3.05) is 19.6 Å². The first kappa shape index (κ1) is 16.1. The summed E-state index contributed by atoms with van der Waals surface area (Å²) in [5.41, 5.74) is 1.05. The Hall–Kier alpha value is -0.280. The third-order valence-electron chi connectivity index (χ3n) is 3.71. The van der Waals surface area contributed by atoms with Gasteiger partial charge in [0.15, 0.2) is 0 Å². The molecule has 112 valence electrons. The summed E-state index contributed by atoms with van der Waals surface area (Å²) >= 11 is 12.6. The van der Waals surface area contributed by atoms with Crippen LogP contribution >= 0.6 is 23.2 Å². The van der Waals surface area contributed by atoms with Crippen LogP contribution in [0.4, 0.5) is 0 Å². The van der Waals surface area contributed by atoms with Crippen LogP contribution < -0.4 is 5.32 Å². The van der Waals surface area contributed by atoms with Gasteiger partial charge in [-0.25, -0.2) is 0 Å². The van der Waals surface area contributed by atoms with E-state index >= 15 is 0 Å². The highest BCUT2D eigenvalue weighted by Crippen LogP contribution is 2.26. The fraction of sp³-hybridized carbons (Fsp3) is 0.625. The maximum Gasteiger partial charge on any atom is 0.0465 e. The molecule has 1 N–H and O–H groups in total. The second kappa shape index (κ2) is 7.65. The van der Waals surface area contributed by atoms with E-state index in [1.165, 1.54) is 12.8 Å². The molecule has 1 saturated heterocycles. The molecule has 1 atom stereocenters. The molecule has 2 nitrogen and oxygen atoms in total. The fourth-order valence-corrected chi connectivity index (χ4v) is 3.37. The molecule has 0 bridgehead atoms. The lowest BCUT2D eigenvalue weighted by Gasteiger charge is -2.28. The molecule has 2 rings (SSSR count). The molecule has 0 aromatic heterocycles. The van der Waals surface area contributed by atoms with E-state index in [2.05, 4.69) is 24.1 Å². The van der Waals surface area contributed by atoms with Crippen LogP contribution in [0.2, 0.25) is 10.0 Å². The Balaban J connectivity index is 2.06. The zero-order valence-electron chi connectivity index (χ0n) is 12.3. The van der Waals surface area contributed by atoms with Crippen molar-refractivity contribution < 1.29 is 0 Å². The number of hydrogen-bond acceptors (Lipinski definition) is 2. The average molecular weight is 315 g/mol. The van der Waals surface area contributed by atoms with E-state index in [4.69, 9.17) is 23.2 Å². The van der Waals surface area contributed by atoms with Crippen molar-refractivity contribution in [2.45, 2.75) is 39.3 Å². The van der Waals surface area contributed by atoms with Gasteiger partial charge in [-0.05, 0) is 37.4 Å². The van der Waals surface area contributed by atoms with Crippen molar-refractivity contribution in [2.24, 2.45) is 5.92 Å². The minimum absolute atomic E-state index is 0.606. The number of halogens is 2. The normalized spacial score (nSPS) is 19.2. The molecule has 1 heterocycles. The van der Waals surface area contributed by atoms with E-state index in [9.17, 15) is 0 Å². The number of nitrogens with one attached hydrogen (secondary N) is 1. The molecule has 1 aliphatic rings. The van der Waals surface area contributed by atoms with Gasteiger partial charge < -0.3 is 5.32 Å². The highest BCUT2D eigenvalue weighted by Gasteiger charge is 2.20. The molecule has 1 unspecified atom stereocenters. The molecule has 0 radical (unpaired) electrons. The fourth-order valence-electron chi connectivity index (χ4n) is 2.85. The smallest absolute Gasteiger partial charge is 0.0465 e. The predicted octanol–water partition coefficient (Wildman–Crippen LogP) is 4.20. The zero-order chi connectivity index (χ0) is 14.5. The maximum atomic E-state index is 6.30.